The van der Waals surface area contributed by atoms with E-state index in [0.29, 0.717) is 12.0 Å². The molecule has 1 rings (SSSR count). The third-order valence-corrected chi connectivity index (χ3v) is 2.81. The van der Waals surface area contributed by atoms with Gasteiger partial charge in [0.05, 0.1) is 16.9 Å². The van der Waals surface area contributed by atoms with Crippen molar-refractivity contribution in [1.82, 2.24) is 5.32 Å². The Balaban J connectivity index is 2.74. The molecule has 0 aromatic heterocycles. The lowest BCUT2D eigenvalue weighted by Crippen LogP contribution is -2.34. The van der Waals surface area contributed by atoms with Crippen molar-refractivity contribution in [1.29, 1.82) is 0 Å². The zero-order chi connectivity index (χ0) is 15.8. The van der Waals surface area contributed by atoms with Gasteiger partial charge in [0, 0.05) is 18.2 Å². The van der Waals surface area contributed by atoms with E-state index in [0.717, 1.165) is 6.08 Å². The molecule has 2 N–H and O–H groups in total. The summed E-state index contributed by atoms with van der Waals surface area (Å²) in [6.07, 6.45) is 2.81. The summed E-state index contributed by atoms with van der Waals surface area (Å²) < 4.78 is 0. The summed E-state index contributed by atoms with van der Waals surface area (Å²) in [6.45, 7) is 1.76. The summed E-state index contributed by atoms with van der Waals surface area (Å²) in [5.74, 6) is -1.48. The van der Waals surface area contributed by atoms with Gasteiger partial charge in [0.25, 0.3) is 5.69 Å². The van der Waals surface area contributed by atoms with E-state index in [-0.39, 0.29) is 12.1 Å². The minimum Gasteiger partial charge on any atom is -0.481 e. The van der Waals surface area contributed by atoms with Gasteiger partial charge in [-0.05, 0) is 18.6 Å². The molecule has 0 spiro atoms. The fourth-order valence-electron chi connectivity index (χ4n) is 1.72. The lowest BCUT2D eigenvalue weighted by atomic mass is 10.1. The summed E-state index contributed by atoms with van der Waals surface area (Å²) in [5.41, 5.74) is 0.211. The van der Waals surface area contributed by atoms with Crippen LogP contribution in [0.15, 0.2) is 30.3 Å². The zero-order valence-electron chi connectivity index (χ0n) is 11.5. The fourth-order valence-corrected chi connectivity index (χ4v) is 1.72. The molecule has 1 atom stereocenters. The number of aliphatic carboxylic acids is 1. The van der Waals surface area contributed by atoms with Gasteiger partial charge < -0.3 is 10.4 Å². The number of carboxylic acid groups (broad SMARTS) is 1. The van der Waals surface area contributed by atoms with E-state index in [1.165, 1.54) is 24.3 Å². The number of nitrogens with one attached hydrogen (secondary N) is 1. The van der Waals surface area contributed by atoms with Crippen molar-refractivity contribution in [3.8, 4) is 0 Å². The third kappa shape index (κ3) is 5.43. The van der Waals surface area contributed by atoms with Crippen molar-refractivity contribution in [3.05, 3.63) is 46.0 Å². The van der Waals surface area contributed by atoms with E-state index < -0.39 is 22.8 Å². The zero-order valence-corrected chi connectivity index (χ0v) is 11.5. The monoisotopic (exact) mass is 292 g/mol. The SMILES string of the molecule is CCC(CC(=O)O)NC(=O)/C=C/c1ccccc1[N+](=O)[O-]. The largest absolute Gasteiger partial charge is 0.481 e. The number of nitro benzene ring substituents is 1. The van der Waals surface area contributed by atoms with Crippen LogP contribution >= 0.6 is 0 Å². The predicted octanol–water partition coefficient (Wildman–Crippen LogP) is 1.98. The summed E-state index contributed by atoms with van der Waals surface area (Å²) >= 11 is 0. The van der Waals surface area contributed by atoms with Crippen LogP contribution in [0.25, 0.3) is 6.08 Å². The van der Waals surface area contributed by atoms with E-state index in [9.17, 15) is 19.7 Å². The second kappa shape index (κ2) is 7.78. The van der Waals surface area contributed by atoms with Gasteiger partial charge in [0.15, 0.2) is 0 Å². The Morgan fingerprint density at radius 3 is 2.67 bits per heavy atom. The van der Waals surface area contributed by atoms with Crippen molar-refractivity contribution in [2.75, 3.05) is 0 Å². The summed E-state index contributed by atoms with van der Waals surface area (Å²) in [7, 11) is 0. The summed E-state index contributed by atoms with van der Waals surface area (Å²) in [5, 5.41) is 22.0. The fraction of sp³-hybridized carbons (Fsp3) is 0.286. The highest BCUT2D eigenvalue weighted by Crippen LogP contribution is 2.18. The first-order chi connectivity index (χ1) is 9.93. The molecule has 0 saturated heterocycles. The number of carbonyl (C=O) groups is 2. The molecule has 1 amide bonds. The minimum absolute atomic E-state index is 0.0980. The van der Waals surface area contributed by atoms with Gasteiger partial charge in [-0.2, -0.15) is 0 Å². The molecule has 7 nitrogen and oxygen atoms in total. The second-order valence-corrected chi connectivity index (χ2v) is 4.36. The molecule has 0 fully saturated rings. The van der Waals surface area contributed by atoms with Gasteiger partial charge >= 0.3 is 5.97 Å². The van der Waals surface area contributed by atoms with Crippen LogP contribution in [0.5, 0.6) is 0 Å². The predicted molar refractivity (Wildman–Crippen MR) is 76.6 cm³/mol. The van der Waals surface area contributed by atoms with Crippen molar-refractivity contribution < 1.29 is 19.6 Å². The smallest absolute Gasteiger partial charge is 0.305 e. The van der Waals surface area contributed by atoms with Crippen LogP contribution in [0, 0.1) is 10.1 Å². The van der Waals surface area contributed by atoms with Gasteiger partial charge in [-0.3, -0.25) is 19.7 Å². The Labute approximate surface area is 121 Å². The Bertz CT molecular complexity index is 568. The first kappa shape index (κ1) is 16.4. The normalized spacial score (nSPS) is 12.0. The van der Waals surface area contributed by atoms with Gasteiger partial charge in [-0.15, -0.1) is 0 Å². The molecular formula is C14H16N2O5. The van der Waals surface area contributed by atoms with Gasteiger partial charge in [0.1, 0.15) is 0 Å². The number of para-hydroxylation sites is 1. The number of hydrogen-bond acceptors (Lipinski definition) is 4. The first-order valence-corrected chi connectivity index (χ1v) is 6.37. The molecule has 0 heterocycles. The second-order valence-electron chi connectivity index (χ2n) is 4.36. The number of benzene rings is 1. The first-order valence-electron chi connectivity index (χ1n) is 6.37. The van der Waals surface area contributed by atoms with Crippen LogP contribution in [0.1, 0.15) is 25.3 Å². The van der Waals surface area contributed by atoms with Crippen molar-refractivity contribution in [3.63, 3.8) is 0 Å². The molecule has 1 aromatic rings. The van der Waals surface area contributed by atoms with E-state index in [2.05, 4.69) is 5.32 Å². The minimum atomic E-state index is -0.996. The van der Waals surface area contributed by atoms with Crippen LogP contribution in [-0.2, 0) is 9.59 Å². The van der Waals surface area contributed by atoms with Crippen molar-refractivity contribution >= 4 is 23.6 Å². The Hall–Kier alpha value is -2.70. The number of carbonyl (C=O) groups excluding carboxylic acids is 1. The van der Waals surface area contributed by atoms with E-state index >= 15 is 0 Å². The van der Waals surface area contributed by atoms with E-state index in [1.54, 1.807) is 13.0 Å². The Morgan fingerprint density at radius 1 is 1.43 bits per heavy atom. The maximum atomic E-state index is 11.7. The van der Waals surface area contributed by atoms with Gasteiger partial charge in [-0.25, -0.2) is 0 Å². The molecule has 0 aliphatic carbocycles. The van der Waals surface area contributed by atoms with Crippen LogP contribution < -0.4 is 5.32 Å². The van der Waals surface area contributed by atoms with Gasteiger partial charge in [-0.1, -0.05) is 19.1 Å². The Kier molecular flexibility index (Phi) is 6.06. The Morgan fingerprint density at radius 2 is 2.10 bits per heavy atom. The average Bonchev–Trinajstić information content (AvgIpc) is 2.44. The van der Waals surface area contributed by atoms with Crippen molar-refractivity contribution in [2.24, 2.45) is 0 Å². The van der Waals surface area contributed by atoms with Crippen molar-refractivity contribution in [2.45, 2.75) is 25.8 Å². The molecule has 1 aromatic carbocycles. The molecule has 21 heavy (non-hydrogen) atoms. The third-order valence-electron chi connectivity index (χ3n) is 2.81. The number of rotatable bonds is 7. The van der Waals surface area contributed by atoms with Crippen LogP contribution in [0.2, 0.25) is 0 Å². The lowest BCUT2D eigenvalue weighted by molar-refractivity contribution is -0.385. The standard InChI is InChI=1S/C14H16N2O5/c1-2-11(9-14(18)19)15-13(17)8-7-10-5-3-4-6-12(10)16(20)21/h3-8,11H,2,9H2,1H3,(H,15,17)(H,18,19)/b8-7+. The molecule has 7 heteroatoms. The number of nitro groups is 1. The highest BCUT2D eigenvalue weighted by Gasteiger charge is 2.13. The molecule has 0 bridgehead atoms. The molecular weight excluding hydrogens is 276 g/mol. The quantitative estimate of drug-likeness (QED) is 0.453. The molecule has 112 valence electrons. The lowest BCUT2D eigenvalue weighted by Gasteiger charge is -2.12. The van der Waals surface area contributed by atoms with Crippen LogP contribution in [0.4, 0.5) is 5.69 Å². The highest BCUT2D eigenvalue weighted by molar-refractivity contribution is 5.92. The highest BCUT2D eigenvalue weighted by atomic mass is 16.6. The molecule has 1 unspecified atom stereocenters. The molecule has 0 radical (unpaired) electrons. The topological polar surface area (TPSA) is 110 Å². The molecule has 0 aliphatic rings. The average molecular weight is 292 g/mol. The summed E-state index contributed by atoms with van der Waals surface area (Å²) in [4.78, 5) is 32.6. The maximum Gasteiger partial charge on any atom is 0.305 e. The van der Waals surface area contributed by atoms with Crippen LogP contribution in [-0.4, -0.2) is 27.9 Å². The molecule has 0 aliphatic heterocycles. The van der Waals surface area contributed by atoms with E-state index in [4.69, 9.17) is 5.11 Å². The van der Waals surface area contributed by atoms with Crippen LogP contribution in [0.3, 0.4) is 0 Å². The maximum absolute atomic E-state index is 11.7. The number of hydrogen-bond donors (Lipinski definition) is 2. The van der Waals surface area contributed by atoms with Gasteiger partial charge in [0.2, 0.25) is 5.91 Å². The summed E-state index contributed by atoms with van der Waals surface area (Å²) in [6, 6.07) is 5.57. The number of nitrogens with zero attached hydrogens (tertiary/aromatic N) is 1. The van der Waals surface area contributed by atoms with E-state index in [1.807, 2.05) is 0 Å². The number of amides is 1. The molecule has 0 saturated carbocycles. The number of carboxylic acids is 1.